The fraction of sp³-hybridized carbons (Fsp3) is 0.0833. The molecular formula is C12H10BrN3O2. The van der Waals surface area contributed by atoms with Crippen molar-refractivity contribution in [3.05, 3.63) is 62.7 Å². The minimum Gasteiger partial charge on any atom is -0.366 e. The Balaban J connectivity index is 2.13. The first-order valence-corrected chi connectivity index (χ1v) is 6.05. The van der Waals surface area contributed by atoms with Crippen LogP contribution < -0.4 is 5.32 Å². The van der Waals surface area contributed by atoms with E-state index in [9.17, 15) is 10.1 Å². The van der Waals surface area contributed by atoms with E-state index in [-0.39, 0.29) is 10.6 Å². The van der Waals surface area contributed by atoms with Gasteiger partial charge in [-0.1, -0.05) is 24.3 Å². The van der Waals surface area contributed by atoms with E-state index in [1.165, 1.54) is 6.07 Å². The third-order valence-electron chi connectivity index (χ3n) is 2.36. The summed E-state index contributed by atoms with van der Waals surface area (Å²) < 4.78 is 0.718. The van der Waals surface area contributed by atoms with E-state index >= 15 is 0 Å². The maximum atomic E-state index is 10.8. The normalized spacial score (nSPS) is 10.1. The van der Waals surface area contributed by atoms with Crippen molar-refractivity contribution in [1.29, 1.82) is 0 Å². The average Bonchev–Trinajstić information content (AvgIpc) is 2.37. The van der Waals surface area contributed by atoms with E-state index in [4.69, 9.17) is 0 Å². The van der Waals surface area contributed by atoms with Gasteiger partial charge in [-0.2, -0.15) is 0 Å². The number of para-hydroxylation sites is 1. The van der Waals surface area contributed by atoms with Crippen LogP contribution in [0.5, 0.6) is 0 Å². The Morgan fingerprint density at radius 2 is 2.00 bits per heavy atom. The highest BCUT2D eigenvalue weighted by Crippen LogP contribution is 2.19. The molecule has 6 heteroatoms. The van der Waals surface area contributed by atoms with Gasteiger partial charge in [0.2, 0.25) is 0 Å². The zero-order valence-electron chi connectivity index (χ0n) is 9.34. The van der Waals surface area contributed by atoms with Crippen molar-refractivity contribution in [3.8, 4) is 0 Å². The molecule has 0 aliphatic rings. The van der Waals surface area contributed by atoms with Gasteiger partial charge in [-0.15, -0.1) is 0 Å². The SMILES string of the molecule is O=[N+]([O-])c1ccccc1CNc1cccc(Br)n1. The van der Waals surface area contributed by atoms with E-state index in [0.717, 1.165) is 4.60 Å². The molecule has 0 aliphatic carbocycles. The second-order valence-electron chi connectivity index (χ2n) is 3.58. The van der Waals surface area contributed by atoms with Crippen LogP contribution in [0.2, 0.25) is 0 Å². The number of nitro benzene ring substituents is 1. The lowest BCUT2D eigenvalue weighted by Crippen LogP contribution is -2.04. The monoisotopic (exact) mass is 307 g/mol. The first-order valence-electron chi connectivity index (χ1n) is 5.25. The molecule has 5 nitrogen and oxygen atoms in total. The zero-order valence-corrected chi connectivity index (χ0v) is 10.9. The predicted octanol–water partition coefficient (Wildman–Crippen LogP) is 3.36. The molecule has 1 N–H and O–H groups in total. The Morgan fingerprint density at radius 1 is 1.22 bits per heavy atom. The predicted molar refractivity (Wildman–Crippen MR) is 72.4 cm³/mol. The van der Waals surface area contributed by atoms with Crippen molar-refractivity contribution in [3.63, 3.8) is 0 Å². The molecule has 0 spiro atoms. The quantitative estimate of drug-likeness (QED) is 0.534. The molecule has 2 rings (SSSR count). The van der Waals surface area contributed by atoms with Crippen molar-refractivity contribution in [2.24, 2.45) is 0 Å². The Bertz CT molecular complexity index is 575. The number of aromatic nitrogens is 1. The van der Waals surface area contributed by atoms with Gasteiger partial charge in [0.15, 0.2) is 0 Å². The highest BCUT2D eigenvalue weighted by atomic mass is 79.9. The summed E-state index contributed by atoms with van der Waals surface area (Å²) in [5, 5.41) is 13.9. The Morgan fingerprint density at radius 3 is 2.72 bits per heavy atom. The summed E-state index contributed by atoms with van der Waals surface area (Å²) in [7, 11) is 0. The molecular weight excluding hydrogens is 298 g/mol. The summed E-state index contributed by atoms with van der Waals surface area (Å²) in [6.45, 7) is 0.362. The second-order valence-corrected chi connectivity index (χ2v) is 4.40. The van der Waals surface area contributed by atoms with E-state index in [0.29, 0.717) is 17.9 Å². The van der Waals surface area contributed by atoms with E-state index in [1.54, 1.807) is 24.3 Å². The van der Waals surface area contributed by atoms with Gasteiger partial charge in [0.1, 0.15) is 10.4 Å². The molecule has 0 saturated carbocycles. The number of nitrogens with one attached hydrogen (secondary N) is 1. The molecule has 1 aromatic heterocycles. The molecule has 0 unspecified atom stereocenters. The summed E-state index contributed by atoms with van der Waals surface area (Å²) >= 11 is 3.27. The first-order chi connectivity index (χ1) is 8.66. The Labute approximate surface area is 112 Å². The van der Waals surface area contributed by atoms with E-state index in [1.807, 2.05) is 12.1 Å². The van der Waals surface area contributed by atoms with Crippen LogP contribution >= 0.6 is 15.9 Å². The Hall–Kier alpha value is -1.95. The average molecular weight is 308 g/mol. The second kappa shape index (κ2) is 5.59. The van der Waals surface area contributed by atoms with Gasteiger partial charge in [-0.3, -0.25) is 10.1 Å². The van der Waals surface area contributed by atoms with Crippen molar-refractivity contribution in [2.45, 2.75) is 6.54 Å². The van der Waals surface area contributed by atoms with Crippen LogP contribution in [0.15, 0.2) is 47.1 Å². The van der Waals surface area contributed by atoms with Gasteiger partial charge in [0.05, 0.1) is 4.92 Å². The largest absolute Gasteiger partial charge is 0.366 e. The lowest BCUT2D eigenvalue weighted by molar-refractivity contribution is -0.385. The van der Waals surface area contributed by atoms with Crippen LogP contribution in [-0.4, -0.2) is 9.91 Å². The highest BCUT2D eigenvalue weighted by Gasteiger charge is 2.11. The summed E-state index contributed by atoms with van der Waals surface area (Å²) in [5.41, 5.74) is 0.740. The molecule has 0 aliphatic heterocycles. The zero-order chi connectivity index (χ0) is 13.0. The maximum absolute atomic E-state index is 10.8. The highest BCUT2D eigenvalue weighted by molar-refractivity contribution is 9.10. The van der Waals surface area contributed by atoms with Crippen LogP contribution in [0.4, 0.5) is 11.5 Å². The molecule has 92 valence electrons. The molecule has 18 heavy (non-hydrogen) atoms. The van der Waals surface area contributed by atoms with Crippen LogP contribution in [0.3, 0.4) is 0 Å². The topological polar surface area (TPSA) is 68.1 Å². The lowest BCUT2D eigenvalue weighted by atomic mass is 10.2. The summed E-state index contributed by atoms with van der Waals surface area (Å²) in [6, 6.07) is 12.1. The molecule has 1 aromatic carbocycles. The number of benzene rings is 1. The molecule has 0 fully saturated rings. The lowest BCUT2D eigenvalue weighted by Gasteiger charge is -2.06. The van der Waals surface area contributed by atoms with E-state index in [2.05, 4.69) is 26.2 Å². The molecule has 0 amide bonds. The van der Waals surface area contributed by atoms with E-state index < -0.39 is 0 Å². The van der Waals surface area contributed by atoms with Gasteiger partial charge < -0.3 is 5.32 Å². The number of nitrogens with zero attached hydrogens (tertiary/aromatic N) is 2. The van der Waals surface area contributed by atoms with Crippen LogP contribution in [0.25, 0.3) is 0 Å². The number of hydrogen-bond acceptors (Lipinski definition) is 4. The molecule has 2 aromatic rings. The minimum absolute atomic E-state index is 0.111. The third-order valence-corrected chi connectivity index (χ3v) is 2.81. The smallest absolute Gasteiger partial charge is 0.274 e. The number of pyridine rings is 1. The van der Waals surface area contributed by atoms with Crippen molar-refractivity contribution < 1.29 is 4.92 Å². The standard InChI is InChI=1S/C12H10BrN3O2/c13-11-6-3-7-12(15-11)14-8-9-4-1-2-5-10(9)16(17)18/h1-7H,8H2,(H,14,15). The summed E-state index contributed by atoms with van der Waals surface area (Å²) in [6.07, 6.45) is 0. The van der Waals surface area contributed by atoms with Gasteiger partial charge in [-0.05, 0) is 28.1 Å². The van der Waals surface area contributed by atoms with Gasteiger partial charge in [0.25, 0.3) is 5.69 Å². The summed E-state index contributed by atoms with van der Waals surface area (Å²) in [5.74, 6) is 0.669. The summed E-state index contributed by atoms with van der Waals surface area (Å²) in [4.78, 5) is 14.7. The number of anilines is 1. The Kier molecular flexibility index (Phi) is 3.88. The van der Waals surface area contributed by atoms with Crippen molar-refractivity contribution in [1.82, 2.24) is 4.98 Å². The van der Waals surface area contributed by atoms with Crippen LogP contribution in [-0.2, 0) is 6.54 Å². The molecule has 0 radical (unpaired) electrons. The third kappa shape index (κ3) is 3.04. The number of rotatable bonds is 4. The van der Waals surface area contributed by atoms with Crippen molar-refractivity contribution >= 4 is 27.4 Å². The van der Waals surface area contributed by atoms with Gasteiger partial charge in [0, 0.05) is 18.2 Å². The molecule has 0 bridgehead atoms. The fourth-order valence-electron chi connectivity index (χ4n) is 1.53. The maximum Gasteiger partial charge on any atom is 0.274 e. The molecule has 0 saturated heterocycles. The van der Waals surface area contributed by atoms with Crippen molar-refractivity contribution in [2.75, 3.05) is 5.32 Å². The molecule has 0 atom stereocenters. The van der Waals surface area contributed by atoms with Gasteiger partial charge >= 0.3 is 0 Å². The van der Waals surface area contributed by atoms with Crippen LogP contribution in [0, 0.1) is 10.1 Å². The van der Waals surface area contributed by atoms with Crippen LogP contribution in [0.1, 0.15) is 5.56 Å². The number of hydrogen-bond donors (Lipinski definition) is 1. The first kappa shape index (κ1) is 12.5. The molecule has 1 heterocycles. The van der Waals surface area contributed by atoms with Gasteiger partial charge in [-0.25, -0.2) is 4.98 Å². The number of nitro groups is 1. The minimum atomic E-state index is -0.384. The number of halogens is 1. The fourth-order valence-corrected chi connectivity index (χ4v) is 1.87.